The lowest BCUT2D eigenvalue weighted by atomic mass is 10.0. The van der Waals surface area contributed by atoms with E-state index in [-0.39, 0.29) is 5.91 Å². The smallest absolute Gasteiger partial charge is 0.224 e. The number of rotatable bonds is 5. The number of nitrogens with zero attached hydrogens (tertiary/aromatic N) is 4. The zero-order valence-electron chi connectivity index (χ0n) is 15.5. The molecule has 6 heteroatoms. The van der Waals surface area contributed by atoms with E-state index in [0.29, 0.717) is 19.0 Å². The largest absolute Gasteiger partial charge is 0.356 e. The third-order valence-electron chi connectivity index (χ3n) is 4.77. The highest BCUT2D eigenvalue weighted by Gasteiger charge is 2.22. The van der Waals surface area contributed by atoms with Crippen molar-refractivity contribution in [3.05, 3.63) is 24.0 Å². The molecular weight excluding hydrogens is 302 g/mol. The third-order valence-corrected chi connectivity index (χ3v) is 4.77. The van der Waals surface area contributed by atoms with Gasteiger partial charge in [-0.2, -0.15) is 0 Å². The molecule has 1 fully saturated rings. The average Bonchev–Trinajstić information content (AvgIpc) is 2.96. The van der Waals surface area contributed by atoms with E-state index in [0.717, 1.165) is 31.9 Å². The highest BCUT2D eigenvalue weighted by atomic mass is 16.2. The molecule has 1 atom stereocenters. The van der Waals surface area contributed by atoms with Crippen LogP contribution in [0.15, 0.2) is 23.3 Å². The van der Waals surface area contributed by atoms with E-state index in [2.05, 4.69) is 32.8 Å². The summed E-state index contributed by atoms with van der Waals surface area (Å²) in [4.78, 5) is 20.8. The molecule has 2 rings (SSSR count). The normalized spacial score (nSPS) is 18.6. The Morgan fingerprint density at radius 2 is 2.25 bits per heavy atom. The second-order valence-corrected chi connectivity index (χ2v) is 6.62. The number of carbonyl (C=O) groups is 1. The van der Waals surface area contributed by atoms with Crippen molar-refractivity contribution in [1.82, 2.24) is 19.7 Å². The summed E-state index contributed by atoms with van der Waals surface area (Å²) in [6, 6.07) is 4.52. The summed E-state index contributed by atoms with van der Waals surface area (Å²) < 4.78 is 2.10. The van der Waals surface area contributed by atoms with Crippen LogP contribution in [0.5, 0.6) is 0 Å². The lowest BCUT2D eigenvalue weighted by Crippen LogP contribution is -2.44. The van der Waals surface area contributed by atoms with E-state index in [1.807, 2.05) is 31.3 Å². The molecule has 0 aromatic carbocycles. The van der Waals surface area contributed by atoms with Gasteiger partial charge in [0.15, 0.2) is 5.96 Å². The highest BCUT2D eigenvalue weighted by Crippen LogP contribution is 2.17. The molecule has 1 aromatic heterocycles. The molecule has 1 N–H and O–H groups in total. The minimum atomic E-state index is 0.246. The van der Waals surface area contributed by atoms with Gasteiger partial charge in [0, 0.05) is 58.6 Å². The lowest BCUT2D eigenvalue weighted by molar-refractivity contribution is -0.134. The monoisotopic (exact) mass is 333 g/mol. The molecule has 24 heavy (non-hydrogen) atoms. The van der Waals surface area contributed by atoms with Gasteiger partial charge >= 0.3 is 0 Å². The molecule has 134 valence electrons. The Kier molecular flexibility index (Phi) is 6.70. The fourth-order valence-corrected chi connectivity index (χ4v) is 3.26. The Labute approximate surface area is 145 Å². The molecule has 6 nitrogen and oxygen atoms in total. The van der Waals surface area contributed by atoms with Gasteiger partial charge in [-0.1, -0.05) is 0 Å². The SMILES string of the molecule is CN=C(NCCC(=O)N1CCCCC1C)N(C)Cc1cccn1C. The van der Waals surface area contributed by atoms with Crippen LogP contribution in [0.2, 0.25) is 0 Å². The van der Waals surface area contributed by atoms with Crippen molar-refractivity contribution in [2.75, 3.05) is 27.2 Å². The van der Waals surface area contributed by atoms with Gasteiger partial charge in [0.2, 0.25) is 5.91 Å². The Morgan fingerprint density at radius 1 is 1.46 bits per heavy atom. The van der Waals surface area contributed by atoms with Crippen LogP contribution < -0.4 is 5.32 Å². The van der Waals surface area contributed by atoms with Gasteiger partial charge in [0.1, 0.15) is 0 Å². The summed E-state index contributed by atoms with van der Waals surface area (Å²) in [5, 5.41) is 3.31. The summed E-state index contributed by atoms with van der Waals surface area (Å²) in [5.74, 6) is 1.06. The Morgan fingerprint density at radius 3 is 2.88 bits per heavy atom. The number of hydrogen-bond acceptors (Lipinski definition) is 2. The first-order chi connectivity index (χ1) is 11.5. The van der Waals surface area contributed by atoms with E-state index < -0.39 is 0 Å². The van der Waals surface area contributed by atoms with Crippen LogP contribution >= 0.6 is 0 Å². The van der Waals surface area contributed by atoms with Crippen molar-refractivity contribution < 1.29 is 4.79 Å². The first-order valence-corrected chi connectivity index (χ1v) is 8.84. The predicted octanol–water partition coefficient (Wildman–Crippen LogP) is 1.82. The summed E-state index contributed by atoms with van der Waals surface area (Å²) in [6.45, 7) is 4.45. The molecule has 0 spiro atoms. The first kappa shape index (κ1) is 18.4. The number of piperidine rings is 1. The number of aryl methyl sites for hydroxylation is 1. The van der Waals surface area contributed by atoms with E-state index in [1.165, 1.54) is 12.1 Å². The highest BCUT2D eigenvalue weighted by molar-refractivity contribution is 5.81. The standard InChI is InChI=1S/C18H31N5O/c1-15-8-5-6-13-23(15)17(24)10-11-20-18(19-2)22(4)14-16-9-7-12-21(16)3/h7,9,12,15H,5-6,8,10-11,13-14H2,1-4H3,(H,19,20). The Hall–Kier alpha value is -1.98. The minimum Gasteiger partial charge on any atom is -0.356 e. The van der Waals surface area contributed by atoms with Crippen LogP contribution in [0.1, 0.15) is 38.3 Å². The second kappa shape index (κ2) is 8.76. The fraction of sp³-hybridized carbons (Fsp3) is 0.667. The Balaban J connectivity index is 1.78. The molecule has 1 amide bonds. The van der Waals surface area contributed by atoms with Crippen LogP contribution in [0.3, 0.4) is 0 Å². The minimum absolute atomic E-state index is 0.246. The fourth-order valence-electron chi connectivity index (χ4n) is 3.26. The number of amides is 1. The van der Waals surface area contributed by atoms with Crippen LogP contribution in [0, 0.1) is 0 Å². The number of hydrogen-bond donors (Lipinski definition) is 1. The molecular formula is C18H31N5O. The van der Waals surface area contributed by atoms with Crippen molar-refractivity contribution in [3.63, 3.8) is 0 Å². The zero-order chi connectivity index (χ0) is 17.5. The molecule has 1 aliphatic heterocycles. The Bertz CT molecular complexity index is 566. The average molecular weight is 333 g/mol. The van der Waals surface area contributed by atoms with Gasteiger partial charge in [-0.15, -0.1) is 0 Å². The first-order valence-electron chi connectivity index (χ1n) is 8.84. The van der Waals surface area contributed by atoms with Crippen LogP contribution in [0.4, 0.5) is 0 Å². The molecule has 1 aromatic rings. The van der Waals surface area contributed by atoms with E-state index >= 15 is 0 Å². The van der Waals surface area contributed by atoms with Gasteiger partial charge in [-0.3, -0.25) is 9.79 Å². The van der Waals surface area contributed by atoms with Crippen molar-refractivity contribution in [1.29, 1.82) is 0 Å². The third kappa shape index (κ3) is 4.76. The molecule has 1 saturated heterocycles. The summed E-state index contributed by atoms with van der Waals surface area (Å²) in [6.07, 6.45) is 6.05. The van der Waals surface area contributed by atoms with Crippen molar-refractivity contribution in [3.8, 4) is 0 Å². The second-order valence-electron chi connectivity index (χ2n) is 6.62. The van der Waals surface area contributed by atoms with Gasteiger partial charge in [-0.25, -0.2) is 0 Å². The van der Waals surface area contributed by atoms with E-state index in [9.17, 15) is 4.79 Å². The number of guanidine groups is 1. The van der Waals surface area contributed by atoms with Crippen molar-refractivity contribution in [2.24, 2.45) is 12.0 Å². The van der Waals surface area contributed by atoms with Crippen LogP contribution in [-0.4, -0.2) is 59.5 Å². The molecule has 1 aliphatic rings. The number of likely N-dealkylation sites (tertiary alicyclic amines) is 1. The summed E-state index contributed by atoms with van der Waals surface area (Å²) >= 11 is 0. The maximum atomic E-state index is 12.4. The predicted molar refractivity (Wildman–Crippen MR) is 97.9 cm³/mol. The number of carbonyl (C=O) groups excluding carboxylic acids is 1. The lowest BCUT2D eigenvalue weighted by Gasteiger charge is -2.33. The zero-order valence-corrected chi connectivity index (χ0v) is 15.5. The molecule has 0 saturated carbocycles. The van der Waals surface area contributed by atoms with Gasteiger partial charge in [0.05, 0.1) is 6.54 Å². The van der Waals surface area contributed by atoms with Crippen molar-refractivity contribution >= 4 is 11.9 Å². The quantitative estimate of drug-likeness (QED) is 0.661. The number of aliphatic imine (C=N–C) groups is 1. The van der Waals surface area contributed by atoms with Crippen LogP contribution in [-0.2, 0) is 18.4 Å². The summed E-state index contributed by atoms with van der Waals surface area (Å²) in [7, 11) is 5.83. The number of nitrogens with one attached hydrogen (secondary N) is 1. The molecule has 0 bridgehead atoms. The topological polar surface area (TPSA) is 52.9 Å². The molecule has 0 aliphatic carbocycles. The number of aromatic nitrogens is 1. The van der Waals surface area contributed by atoms with Crippen LogP contribution in [0.25, 0.3) is 0 Å². The maximum Gasteiger partial charge on any atom is 0.224 e. The van der Waals surface area contributed by atoms with E-state index in [4.69, 9.17) is 0 Å². The summed E-state index contributed by atoms with van der Waals surface area (Å²) in [5.41, 5.74) is 1.22. The maximum absolute atomic E-state index is 12.4. The van der Waals surface area contributed by atoms with Gasteiger partial charge in [0.25, 0.3) is 0 Å². The van der Waals surface area contributed by atoms with E-state index in [1.54, 1.807) is 7.05 Å². The molecule has 1 unspecified atom stereocenters. The van der Waals surface area contributed by atoms with Gasteiger partial charge < -0.3 is 19.7 Å². The molecule has 0 radical (unpaired) electrons. The van der Waals surface area contributed by atoms with Crippen molar-refractivity contribution in [2.45, 2.75) is 45.2 Å². The molecule has 2 heterocycles. The van der Waals surface area contributed by atoms with Gasteiger partial charge in [-0.05, 0) is 38.3 Å².